The lowest BCUT2D eigenvalue weighted by atomic mass is 10.0. The number of unbranched alkanes of at least 4 members (excludes halogenated alkanes) is 29. The summed E-state index contributed by atoms with van der Waals surface area (Å²) in [6, 6.07) is 0. The molecular formula is C73H122O6. The summed E-state index contributed by atoms with van der Waals surface area (Å²) in [5.74, 6) is -1.05. The molecular weight excluding hydrogens is 973 g/mol. The van der Waals surface area contributed by atoms with Gasteiger partial charge >= 0.3 is 17.9 Å². The van der Waals surface area contributed by atoms with Crippen molar-refractivity contribution in [3.05, 3.63) is 122 Å². The molecule has 0 aliphatic rings. The van der Waals surface area contributed by atoms with Crippen molar-refractivity contribution in [2.24, 2.45) is 0 Å². The van der Waals surface area contributed by atoms with E-state index in [1.807, 2.05) is 6.08 Å². The summed E-state index contributed by atoms with van der Waals surface area (Å²) in [4.78, 5) is 38.3. The zero-order valence-corrected chi connectivity index (χ0v) is 51.6. The van der Waals surface area contributed by atoms with Crippen molar-refractivity contribution < 1.29 is 28.6 Å². The molecule has 1 atom stereocenters. The van der Waals surface area contributed by atoms with Crippen LogP contribution in [0.3, 0.4) is 0 Å². The van der Waals surface area contributed by atoms with Crippen molar-refractivity contribution in [3.8, 4) is 0 Å². The predicted molar refractivity (Wildman–Crippen MR) is 343 cm³/mol. The Hall–Kier alpha value is -4.19. The second-order valence-corrected chi connectivity index (χ2v) is 21.6. The fourth-order valence-electron chi connectivity index (χ4n) is 9.09. The van der Waals surface area contributed by atoms with E-state index in [1.54, 1.807) is 6.08 Å². The van der Waals surface area contributed by atoms with E-state index in [1.165, 1.54) is 161 Å². The number of hydrogen-bond acceptors (Lipinski definition) is 6. The van der Waals surface area contributed by atoms with Crippen LogP contribution in [0.4, 0.5) is 0 Å². The lowest BCUT2D eigenvalue weighted by Gasteiger charge is -2.18. The van der Waals surface area contributed by atoms with E-state index in [2.05, 4.69) is 130 Å². The van der Waals surface area contributed by atoms with Crippen molar-refractivity contribution in [3.63, 3.8) is 0 Å². The van der Waals surface area contributed by atoms with Gasteiger partial charge in [0.2, 0.25) is 0 Å². The molecule has 0 saturated heterocycles. The van der Waals surface area contributed by atoms with Crippen LogP contribution >= 0.6 is 0 Å². The monoisotopic (exact) mass is 1090 g/mol. The van der Waals surface area contributed by atoms with Crippen molar-refractivity contribution in [2.75, 3.05) is 13.2 Å². The molecule has 0 aromatic rings. The summed E-state index contributed by atoms with van der Waals surface area (Å²) in [5, 5.41) is 0. The summed E-state index contributed by atoms with van der Waals surface area (Å²) in [6.07, 6.45) is 92.4. The number of carbonyl (C=O) groups excluding carboxylic acids is 3. The number of allylic oxidation sites excluding steroid dienone is 19. The van der Waals surface area contributed by atoms with Gasteiger partial charge in [0.1, 0.15) is 13.2 Å². The van der Waals surface area contributed by atoms with E-state index in [9.17, 15) is 14.4 Å². The van der Waals surface area contributed by atoms with E-state index < -0.39 is 12.1 Å². The van der Waals surface area contributed by atoms with Crippen LogP contribution in [0.1, 0.15) is 303 Å². The summed E-state index contributed by atoms with van der Waals surface area (Å²) in [7, 11) is 0. The third kappa shape index (κ3) is 64.5. The fraction of sp³-hybridized carbons (Fsp3) is 0.685. The highest BCUT2D eigenvalue weighted by Crippen LogP contribution is 2.16. The molecule has 6 nitrogen and oxygen atoms in total. The molecule has 0 fully saturated rings. The second kappa shape index (κ2) is 66.3. The first-order valence-corrected chi connectivity index (χ1v) is 33.0. The Morgan fingerprint density at radius 3 is 0.899 bits per heavy atom. The fourth-order valence-corrected chi connectivity index (χ4v) is 9.09. The first kappa shape index (κ1) is 74.8. The molecule has 0 aliphatic carbocycles. The molecule has 0 bridgehead atoms. The number of esters is 3. The molecule has 0 spiro atoms. The molecule has 0 aliphatic heterocycles. The Morgan fingerprint density at radius 1 is 0.278 bits per heavy atom. The van der Waals surface area contributed by atoms with Crippen LogP contribution in [0, 0.1) is 0 Å². The maximum atomic E-state index is 12.9. The van der Waals surface area contributed by atoms with Crippen LogP contribution in [-0.2, 0) is 28.6 Å². The molecule has 0 amide bonds. The minimum Gasteiger partial charge on any atom is -0.462 e. The van der Waals surface area contributed by atoms with Gasteiger partial charge in [-0.3, -0.25) is 14.4 Å². The maximum absolute atomic E-state index is 12.9. The SMILES string of the molecule is CC/C=C\C/C=C\C/C=C\C/C=C\C/C=C\CC(=O)OCC(COC(=O)CCCCCCCCCCCCCCC/C=C\CCCCCCCCCC)OC(=O)CCCCCCCCCC/C=C\C/C=C\C/C=C\C/C=C\CC. The number of carbonyl (C=O) groups is 3. The van der Waals surface area contributed by atoms with Crippen LogP contribution in [0.5, 0.6) is 0 Å². The van der Waals surface area contributed by atoms with Crippen LogP contribution < -0.4 is 0 Å². The highest BCUT2D eigenvalue weighted by molar-refractivity contribution is 5.72. The molecule has 0 saturated carbocycles. The van der Waals surface area contributed by atoms with Crippen molar-refractivity contribution >= 4 is 17.9 Å². The van der Waals surface area contributed by atoms with E-state index >= 15 is 0 Å². The first-order valence-electron chi connectivity index (χ1n) is 33.0. The summed E-state index contributed by atoms with van der Waals surface area (Å²) in [5.41, 5.74) is 0. The Kier molecular flexibility index (Phi) is 62.8. The van der Waals surface area contributed by atoms with Crippen LogP contribution in [0.25, 0.3) is 0 Å². The Morgan fingerprint density at radius 2 is 0.544 bits per heavy atom. The molecule has 0 rings (SSSR count). The number of ether oxygens (including phenoxy) is 3. The standard InChI is InChI=1S/C73H122O6/c1-4-7-10-13-16-19-22-25-28-30-32-34-35-36-37-39-40-42-45-48-51-54-57-60-63-66-72(75)78-69-70(68-77-71(74)65-62-59-56-53-50-47-44-27-24-21-18-15-12-9-6-3)79-73(76)67-64-61-58-55-52-49-46-43-41-38-33-31-29-26-23-20-17-14-11-8-5-2/h8-9,11-12,17-18,20-21,26-27,29-30,32-33,38,44,50,53,59,62,70H,4-7,10,13-16,19,22-25,28,31,34-37,39-43,45-49,51-52,54-58,60-61,63-69H2,1-3H3/b11-8-,12-9-,20-17-,21-18-,29-26-,32-30-,38-33-,44-27-,53-50-,62-59-. The lowest BCUT2D eigenvalue weighted by molar-refractivity contribution is -0.166. The summed E-state index contributed by atoms with van der Waals surface area (Å²) in [6.45, 7) is 6.34. The van der Waals surface area contributed by atoms with Crippen LogP contribution in [0.15, 0.2) is 122 Å². The quantitative estimate of drug-likeness (QED) is 0.0261. The summed E-state index contributed by atoms with van der Waals surface area (Å²) < 4.78 is 16.8. The van der Waals surface area contributed by atoms with Crippen LogP contribution in [-0.4, -0.2) is 37.2 Å². The Balaban J connectivity index is 4.41. The zero-order valence-electron chi connectivity index (χ0n) is 51.6. The second-order valence-electron chi connectivity index (χ2n) is 21.6. The smallest absolute Gasteiger partial charge is 0.309 e. The van der Waals surface area contributed by atoms with E-state index in [-0.39, 0.29) is 31.6 Å². The van der Waals surface area contributed by atoms with Gasteiger partial charge in [0.25, 0.3) is 0 Å². The first-order chi connectivity index (χ1) is 39.0. The normalized spacial score (nSPS) is 12.9. The third-order valence-electron chi connectivity index (χ3n) is 14.0. The molecule has 0 aromatic carbocycles. The molecule has 0 heterocycles. The number of rotatable bonds is 59. The van der Waals surface area contributed by atoms with Crippen molar-refractivity contribution in [2.45, 2.75) is 309 Å². The summed E-state index contributed by atoms with van der Waals surface area (Å²) >= 11 is 0. The van der Waals surface area contributed by atoms with E-state index in [0.29, 0.717) is 12.8 Å². The van der Waals surface area contributed by atoms with Gasteiger partial charge in [-0.05, 0) is 109 Å². The zero-order chi connectivity index (χ0) is 57.1. The van der Waals surface area contributed by atoms with Gasteiger partial charge in [0, 0.05) is 12.8 Å². The predicted octanol–water partition coefficient (Wildman–Crippen LogP) is 22.8. The van der Waals surface area contributed by atoms with E-state index in [4.69, 9.17) is 14.2 Å². The van der Waals surface area contributed by atoms with Gasteiger partial charge in [-0.1, -0.05) is 296 Å². The topological polar surface area (TPSA) is 78.9 Å². The Labute approximate surface area is 488 Å². The molecule has 6 heteroatoms. The van der Waals surface area contributed by atoms with Crippen molar-refractivity contribution in [1.82, 2.24) is 0 Å². The average molecular weight is 1100 g/mol. The largest absolute Gasteiger partial charge is 0.462 e. The van der Waals surface area contributed by atoms with Gasteiger partial charge in [0.05, 0.1) is 6.42 Å². The van der Waals surface area contributed by atoms with Gasteiger partial charge in [-0.2, -0.15) is 0 Å². The molecule has 79 heavy (non-hydrogen) atoms. The van der Waals surface area contributed by atoms with Gasteiger partial charge in [0.15, 0.2) is 6.10 Å². The van der Waals surface area contributed by atoms with Crippen LogP contribution in [0.2, 0.25) is 0 Å². The van der Waals surface area contributed by atoms with Gasteiger partial charge in [-0.15, -0.1) is 0 Å². The number of hydrogen-bond donors (Lipinski definition) is 0. The van der Waals surface area contributed by atoms with E-state index in [0.717, 1.165) is 103 Å². The molecule has 0 N–H and O–H groups in total. The third-order valence-corrected chi connectivity index (χ3v) is 14.0. The van der Waals surface area contributed by atoms with Gasteiger partial charge in [-0.25, -0.2) is 0 Å². The average Bonchev–Trinajstić information content (AvgIpc) is 3.45. The molecule has 450 valence electrons. The highest BCUT2D eigenvalue weighted by atomic mass is 16.6. The highest BCUT2D eigenvalue weighted by Gasteiger charge is 2.19. The minimum atomic E-state index is -0.827. The lowest BCUT2D eigenvalue weighted by Crippen LogP contribution is -2.30. The Bertz CT molecular complexity index is 1640. The van der Waals surface area contributed by atoms with Crippen molar-refractivity contribution in [1.29, 1.82) is 0 Å². The molecule has 0 aromatic heterocycles. The van der Waals surface area contributed by atoms with Gasteiger partial charge < -0.3 is 14.2 Å². The minimum absolute atomic E-state index is 0.113. The molecule has 1 unspecified atom stereocenters. The molecule has 0 radical (unpaired) electrons. The maximum Gasteiger partial charge on any atom is 0.309 e.